The van der Waals surface area contributed by atoms with E-state index in [2.05, 4.69) is 33.0 Å². The summed E-state index contributed by atoms with van der Waals surface area (Å²) in [6.45, 7) is 10.2. The highest BCUT2D eigenvalue weighted by atomic mass is 16.5. The molecule has 0 saturated heterocycles. The summed E-state index contributed by atoms with van der Waals surface area (Å²) in [6, 6.07) is 0.520. The zero-order chi connectivity index (χ0) is 14.3. The quantitative estimate of drug-likeness (QED) is 0.706. The van der Waals surface area contributed by atoms with Crippen molar-refractivity contribution in [3.8, 4) is 0 Å². The van der Waals surface area contributed by atoms with Crippen molar-refractivity contribution >= 4 is 0 Å². The van der Waals surface area contributed by atoms with E-state index in [1.807, 2.05) is 7.11 Å². The van der Waals surface area contributed by atoms with Gasteiger partial charge in [0.05, 0.1) is 5.60 Å². The van der Waals surface area contributed by atoms with E-state index in [9.17, 15) is 0 Å². The maximum atomic E-state index is 6.01. The standard InChI is InChI=1S/C17H35NO/c1-6-14-11-10-12-15(13-14)16(18-9-4)17(7-2,8-3)19-5/h14-16,18H,6-13H2,1-5H3. The minimum absolute atomic E-state index is 0.0241. The van der Waals surface area contributed by atoms with Gasteiger partial charge >= 0.3 is 0 Å². The third-order valence-corrected chi connectivity index (χ3v) is 5.47. The van der Waals surface area contributed by atoms with Gasteiger partial charge in [0.15, 0.2) is 0 Å². The summed E-state index contributed by atoms with van der Waals surface area (Å²) in [4.78, 5) is 0. The number of rotatable bonds is 8. The molecule has 1 aliphatic carbocycles. The molecule has 0 bridgehead atoms. The van der Waals surface area contributed by atoms with Gasteiger partial charge in [0.25, 0.3) is 0 Å². The van der Waals surface area contributed by atoms with E-state index in [4.69, 9.17) is 4.74 Å². The van der Waals surface area contributed by atoms with Crippen LogP contribution in [0.3, 0.4) is 0 Å². The lowest BCUT2D eigenvalue weighted by Gasteiger charge is -2.45. The first kappa shape index (κ1) is 17.0. The van der Waals surface area contributed by atoms with E-state index in [1.165, 1.54) is 32.1 Å². The predicted octanol–water partition coefficient (Wildman–Crippen LogP) is 4.39. The van der Waals surface area contributed by atoms with Crippen molar-refractivity contribution in [1.29, 1.82) is 0 Å². The minimum Gasteiger partial charge on any atom is -0.377 e. The SMILES string of the molecule is CCNC(C1CCCC(CC)C1)C(CC)(CC)OC. The summed E-state index contributed by atoms with van der Waals surface area (Å²) < 4.78 is 6.01. The van der Waals surface area contributed by atoms with Crippen LogP contribution in [0.4, 0.5) is 0 Å². The Balaban J connectivity index is 2.85. The summed E-state index contributed by atoms with van der Waals surface area (Å²) in [6.07, 6.45) is 9.14. The molecular formula is C17H35NO. The van der Waals surface area contributed by atoms with Gasteiger partial charge in [-0.1, -0.05) is 47.0 Å². The summed E-state index contributed by atoms with van der Waals surface area (Å²) in [5.41, 5.74) is 0.0241. The number of hydrogen-bond acceptors (Lipinski definition) is 2. The number of methoxy groups -OCH3 is 1. The Kier molecular flexibility index (Phi) is 7.38. The van der Waals surface area contributed by atoms with E-state index in [-0.39, 0.29) is 5.60 Å². The van der Waals surface area contributed by atoms with Gasteiger partial charge in [-0.3, -0.25) is 0 Å². The van der Waals surface area contributed by atoms with E-state index < -0.39 is 0 Å². The first-order valence-electron chi connectivity index (χ1n) is 8.45. The Morgan fingerprint density at radius 3 is 2.32 bits per heavy atom. The summed E-state index contributed by atoms with van der Waals surface area (Å²) >= 11 is 0. The van der Waals surface area contributed by atoms with Gasteiger partial charge < -0.3 is 10.1 Å². The molecule has 1 aliphatic rings. The number of hydrogen-bond donors (Lipinski definition) is 1. The second kappa shape index (κ2) is 8.26. The molecule has 1 N–H and O–H groups in total. The Morgan fingerprint density at radius 1 is 1.16 bits per heavy atom. The van der Waals surface area contributed by atoms with Crippen LogP contribution in [0.5, 0.6) is 0 Å². The van der Waals surface area contributed by atoms with Crippen molar-refractivity contribution in [1.82, 2.24) is 5.32 Å². The highest BCUT2D eigenvalue weighted by Crippen LogP contribution is 2.39. The molecule has 0 aliphatic heterocycles. The van der Waals surface area contributed by atoms with E-state index >= 15 is 0 Å². The molecule has 3 atom stereocenters. The third kappa shape index (κ3) is 3.95. The molecule has 2 nitrogen and oxygen atoms in total. The minimum atomic E-state index is 0.0241. The zero-order valence-corrected chi connectivity index (χ0v) is 13.8. The molecule has 1 fully saturated rings. The summed E-state index contributed by atoms with van der Waals surface area (Å²) in [5, 5.41) is 3.77. The van der Waals surface area contributed by atoms with E-state index in [0.29, 0.717) is 6.04 Å². The Morgan fingerprint density at radius 2 is 1.84 bits per heavy atom. The summed E-state index contributed by atoms with van der Waals surface area (Å²) in [5.74, 6) is 1.72. The van der Waals surface area contributed by atoms with Crippen LogP contribution in [-0.2, 0) is 4.74 Å². The maximum Gasteiger partial charge on any atom is 0.0828 e. The molecule has 2 heteroatoms. The monoisotopic (exact) mass is 269 g/mol. The molecule has 114 valence electrons. The summed E-state index contributed by atoms with van der Waals surface area (Å²) in [7, 11) is 1.90. The van der Waals surface area contributed by atoms with Crippen molar-refractivity contribution in [2.75, 3.05) is 13.7 Å². The van der Waals surface area contributed by atoms with Crippen molar-refractivity contribution in [2.24, 2.45) is 11.8 Å². The van der Waals surface area contributed by atoms with Crippen LogP contribution < -0.4 is 5.32 Å². The normalized spacial score (nSPS) is 26.4. The smallest absolute Gasteiger partial charge is 0.0828 e. The molecule has 0 radical (unpaired) electrons. The second-order valence-electron chi connectivity index (χ2n) is 6.21. The molecule has 0 heterocycles. The predicted molar refractivity (Wildman–Crippen MR) is 83.5 cm³/mol. The average molecular weight is 269 g/mol. The van der Waals surface area contributed by atoms with Crippen LogP contribution in [0, 0.1) is 11.8 Å². The first-order valence-corrected chi connectivity index (χ1v) is 8.45. The van der Waals surface area contributed by atoms with Crippen LogP contribution >= 0.6 is 0 Å². The van der Waals surface area contributed by atoms with Crippen molar-refractivity contribution in [2.45, 2.75) is 84.3 Å². The number of nitrogens with one attached hydrogen (secondary N) is 1. The lowest BCUT2D eigenvalue weighted by atomic mass is 9.70. The van der Waals surface area contributed by atoms with Crippen LogP contribution in [0.2, 0.25) is 0 Å². The highest BCUT2D eigenvalue weighted by Gasteiger charge is 2.41. The lowest BCUT2D eigenvalue weighted by molar-refractivity contribution is -0.0692. The van der Waals surface area contributed by atoms with E-state index in [0.717, 1.165) is 31.2 Å². The second-order valence-corrected chi connectivity index (χ2v) is 6.21. The maximum absolute atomic E-state index is 6.01. The fourth-order valence-electron chi connectivity index (χ4n) is 4.11. The first-order chi connectivity index (χ1) is 9.17. The molecule has 1 rings (SSSR count). The van der Waals surface area contributed by atoms with E-state index in [1.54, 1.807) is 0 Å². The highest BCUT2D eigenvalue weighted by molar-refractivity contribution is 4.97. The van der Waals surface area contributed by atoms with Gasteiger partial charge in [-0.25, -0.2) is 0 Å². The fourth-order valence-corrected chi connectivity index (χ4v) is 4.11. The number of likely N-dealkylation sites (N-methyl/N-ethyl adjacent to an activating group) is 1. The van der Waals surface area contributed by atoms with Gasteiger partial charge in [0.2, 0.25) is 0 Å². The number of ether oxygens (including phenoxy) is 1. The van der Waals surface area contributed by atoms with Crippen LogP contribution in [-0.4, -0.2) is 25.3 Å². The average Bonchev–Trinajstić information content (AvgIpc) is 2.48. The molecule has 0 spiro atoms. The molecule has 0 aromatic rings. The third-order valence-electron chi connectivity index (χ3n) is 5.47. The Labute approximate surface area is 120 Å². The van der Waals surface area contributed by atoms with Gasteiger partial charge in [-0.15, -0.1) is 0 Å². The van der Waals surface area contributed by atoms with Crippen LogP contribution in [0.25, 0.3) is 0 Å². The van der Waals surface area contributed by atoms with Crippen molar-refractivity contribution in [3.63, 3.8) is 0 Å². The van der Waals surface area contributed by atoms with Gasteiger partial charge in [0, 0.05) is 13.2 Å². The van der Waals surface area contributed by atoms with Crippen molar-refractivity contribution in [3.05, 3.63) is 0 Å². The van der Waals surface area contributed by atoms with Gasteiger partial charge in [0.1, 0.15) is 0 Å². The van der Waals surface area contributed by atoms with Crippen LogP contribution in [0.15, 0.2) is 0 Å². The Hall–Kier alpha value is -0.0800. The molecule has 0 amide bonds. The molecule has 3 unspecified atom stereocenters. The molecular weight excluding hydrogens is 234 g/mol. The van der Waals surface area contributed by atoms with Crippen molar-refractivity contribution < 1.29 is 4.74 Å². The molecule has 1 saturated carbocycles. The van der Waals surface area contributed by atoms with Crippen LogP contribution in [0.1, 0.15) is 72.6 Å². The largest absolute Gasteiger partial charge is 0.377 e. The molecule has 19 heavy (non-hydrogen) atoms. The molecule has 0 aromatic heterocycles. The lowest BCUT2D eigenvalue weighted by Crippen LogP contribution is -2.56. The Bertz CT molecular complexity index is 229. The fraction of sp³-hybridized carbons (Fsp3) is 1.00. The zero-order valence-electron chi connectivity index (χ0n) is 13.8. The van der Waals surface area contributed by atoms with Gasteiger partial charge in [-0.2, -0.15) is 0 Å². The topological polar surface area (TPSA) is 21.3 Å². The molecule has 0 aromatic carbocycles. The van der Waals surface area contributed by atoms with Gasteiger partial charge in [-0.05, 0) is 44.1 Å².